The molecule has 1 aliphatic carbocycles. The van der Waals surface area contributed by atoms with Crippen molar-refractivity contribution in [2.24, 2.45) is 0 Å². The smallest absolute Gasteiger partial charge is 0.141 e. The Kier molecular flexibility index (Phi) is 1.48. The molecule has 3 rings (SSSR count). The van der Waals surface area contributed by atoms with Gasteiger partial charge in [-0.1, -0.05) is 36.4 Å². The molecule has 1 heteroatoms. The zero-order chi connectivity index (χ0) is 9.54. The zero-order valence-corrected chi connectivity index (χ0v) is 7.79. The molecule has 2 aromatic rings. The van der Waals surface area contributed by atoms with Crippen LogP contribution in [0.15, 0.2) is 36.4 Å². The van der Waals surface area contributed by atoms with Gasteiger partial charge in [-0.05, 0) is 21.9 Å². The van der Waals surface area contributed by atoms with Crippen LogP contribution in [0, 0.1) is 0 Å². The summed E-state index contributed by atoms with van der Waals surface area (Å²) in [6.45, 7) is 0. The molecule has 0 aliphatic heterocycles. The van der Waals surface area contributed by atoms with E-state index in [1.807, 2.05) is 12.1 Å². The summed E-state index contributed by atoms with van der Waals surface area (Å²) in [5, 5.41) is 2.56. The SMILES string of the molecule is O=C1Cc2cccc3cccc(c23)C1. The average molecular weight is 182 g/mol. The summed E-state index contributed by atoms with van der Waals surface area (Å²) in [4.78, 5) is 11.5. The maximum Gasteiger partial charge on any atom is 0.141 e. The molecule has 0 atom stereocenters. The molecule has 0 fully saturated rings. The van der Waals surface area contributed by atoms with Crippen molar-refractivity contribution < 1.29 is 4.79 Å². The number of benzene rings is 2. The van der Waals surface area contributed by atoms with Crippen LogP contribution in [0.3, 0.4) is 0 Å². The first kappa shape index (κ1) is 7.74. The fraction of sp³-hybridized carbons (Fsp3) is 0.154. The molecule has 0 amide bonds. The Hall–Kier alpha value is -1.63. The Morgan fingerprint density at radius 3 is 2.00 bits per heavy atom. The summed E-state index contributed by atoms with van der Waals surface area (Å²) in [6, 6.07) is 12.4. The highest BCUT2D eigenvalue weighted by atomic mass is 16.1. The quantitative estimate of drug-likeness (QED) is 0.611. The second-order valence-electron chi connectivity index (χ2n) is 3.82. The summed E-state index contributed by atoms with van der Waals surface area (Å²) in [5.74, 6) is 0.330. The van der Waals surface area contributed by atoms with Crippen molar-refractivity contribution in [1.29, 1.82) is 0 Å². The molecule has 2 aromatic carbocycles. The third-order valence-corrected chi connectivity index (χ3v) is 2.85. The molecule has 0 unspecified atom stereocenters. The van der Waals surface area contributed by atoms with E-state index in [2.05, 4.69) is 24.3 Å². The van der Waals surface area contributed by atoms with Gasteiger partial charge in [0.15, 0.2) is 0 Å². The van der Waals surface area contributed by atoms with Crippen molar-refractivity contribution in [2.75, 3.05) is 0 Å². The van der Waals surface area contributed by atoms with E-state index in [4.69, 9.17) is 0 Å². The van der Waals surface area contributed by atoms with E-state index >= 15 is 0 Å². The lowest BCUT2D eigenvalue weighted by atomic mass is 9.88. The number of rotatable bonds is 0. The minimum atomic E-state index is 0.330. The number of hydrogen-bond donors (Lipinski definition) is 0. The van der Waals surface area contributed by atoms with E-state index in [1.165, 1.54) is 21.9 Å². The van der Waals surface area contributed by atoms with Crippen molar-refractivity contribution in [2.45, 2.75) is 12.8 Å². The summed E-state index contributed by atoms with van der Waals surface area (Å²) in [6.07, 6.45) is 1.21. The van der Waals surface area contributed by atoms with Gasteiger partial charge in [-0.2, -0.15) is 0 Å². The maximum absolute atomic E-state index is 11.5. The molecule has 0 saturated carbocycles. The van der Waals surface area contributed by atoms with Gasteiger partial charge >= 0.3 is 0 Å². The maximum atomic E-state index is 11.5. The first-order chi connectivity index (χ1) is 6.84. The van der Waals surface area contributed by atoms with Crippen LogP contribution >= 0.6 is 0 Å². The number of carbonyl (C=O) groups excluding carboxylic acids is 1. The Bertz CT molecular complexity index is 483. The first-order valence-corrected chi connectivity index (χ1v) is 4.86. The van der Waals surface area contributed by atoms with Gasteiger partial charge in [-0.3, -0.25) is 4.79 Å². The zero-order valence-electron chi connectivity index (χ0n) is 7.79. The summed E-state index contributed by atoms with van der Waals surface area (Å²) >= 11 is 0. The van der Waals surface area contributed by atoms with Crippen molar-refractivity contribution in [1.82, 2.24) is 0 Å². The van der Waals surface area contributed by atoms with Gasteiger partial charge < -0.3 is 0 Å². The predicted molar refractivity (Wildman–Crippen MR) is 56.4 cm³/mol. The monoisotopic (exact) mass is 182 g/mol. The molecule has 0 radical (unpaired) electrons. The van der Waals surface area contributed by atoms with E-state index < -0.39 is 0 Å². The predicted octanol–water partition coefficient (Wildman–Crippen LogP) is 2.51. The van der Waals surface area contributed by atoms with E-state index in [0.29, 0.717) is 18.6 Å². The van der Waals surface area contributed by atoms with Crippen LogP contribution in [0.1, 0.15) is 11.1 Å². The minimum absolute atomic E-state index is 0.330. The highest BCUT2D eigenvalue weighted by molar-refractivity contribution is 5.99. The van der Waals surface area contributed by atoms with E-state index in [-0.39, 0.29) is 0 Å². The van der Waals surface area contributed by atoms with Crippen LogP contribution in [0.25, 0.3) is 10.8 Å². The lowest BCUT2D eigenvalue weighted by Crippen LogP contribution is -2.12. The molecule has 0 bridgehead atoms. The van der Waals surface area contributed by atoms with Crippen molar-refractivity contribution in [3.63, 3.8) is 0 Å². The van der Waals surface area contributed by atoms with Gasteiger partial charge in [-0.25, -0.2) is 0 Å². The van der Waals surface area contributed by atoms with Gasteiger partial charge in [0.2, 0.25) is 0 Å². The Morgan fingerprint density at radius 2 is 1.43 bits per heavy atom. The van der Waals surface area contributed by atoms with Gasteiger partial charge in [0, 0.05) is 12.8 Å². The van der Waals surface area contributed by atoms with Crippen LogP contribution in [0.5, 0.6) is 0 Å². The molecule has 1 aliphatic rings. The Labute approximate surface area is 82.4 Å². The highest BCUT2D eigenvalue weighted by Gasteiger charge is 2.16. The lowest BCUT2D eigenvalue weighted by Gasteiger charge is -2.15. The normalized spacial score (nSPS) is 14.7. The topological polar surface area (TPSA) is 17.1 Å². The third kappa shape index (κ3) is 0.987. The Morgan fingerprint density at radius 1 is 0.857 bits per heavy atom. The second-order valence-corrected chi connectivity index (χ2v) is 3.82. The van der Waals surface area contributed by atoms with Crippen LogP contribution < -0.4 is 0 Å². The molecular formula is C13H10O. The molecule has 0 saturated heterocycles. The second kappa shape index (κ2) is 2.68. The van der Waals surface area contributed by atoms with Crippen molar-refractivity contribution >= 4 is 16.6 Å². The molecule has 0 N–H and O–H groups in total. The van der Waals surface area contributed by atoms with Gasteiger partial charge in [0.25, 0.3) is 0 Å². The summed E-state index contributed by atoms with van der Waals surface area (Å²) in [7, 11) is 0. The van der Waals surface area contributed by atoms with Gasteiger partial charge in [-0.15, -0.1) is 0 Å². The number of carbonyl (C=O) groups is 1. The van der Waals surface area contributed by atoms with Gasteiger partial charge in [0.05, 0.1) is 0 Å². The van der Waals surface area contributed by atoms with Crippen molar-refractivity contribution in [3.8, 4) is 0 Å². The number of Topliss-reactive ketones (excluding diaryl/α,β-unsaturated/α-hetero) is 1. The average Bonchev–Trinajstić information content (AvgIpc) is 2.18. The summed E-state index contributed by atoms with van der Waals surface area (Å²) in [5.41, 5.74) is 2.38. The van der Waals surface area contributed by atoms with E-state index in [0.717, 1.165) is 0 Å². The molecular weight excluding hydrogens is 172 g/mol. The highest BCUT2D eigenvalue weighted by Crippen LogP contribution is 2.27. The van der Waals surface area contributed by atoms with Crippen LogP contribution in [0.4, 0.5) is 0 Å². The fourth-order valence-electron chi connectivity index (χ4n) is 2.28. The number of hydrogen-bond acceptors (Lipinski definition) is 1. The first-order valence-electron chi connectivity index (χ1n) is 4.86. The molecule has 14 heavy (non-hydrogen) atoms. The standard InChI is InChI=1S/C13H10O/c14-12-7-10-5-1-3-9-4-2-6-11(8-12)13(9)10/h1-6H,7-8H2. The van der Waals surface area contributed by atoms with E-state index in [1.54, 1.807) is 0 Å². The van der Waals surface area contributed by atoms with Gasteiger partial charge in [0.1, 0.15) is 5.78 Å². The Balaban J connectivity index is 2.45. The van der Waals surface area contributed by atoms with Crippen LogP contribution in [0.2, 0.25) is 0 Å². The minimum Gasteiger partial charge on any atom is -0.299 e. The van der Waals surface area contributed by atoms with Crippen LogP contribution in [-0.4, -0.2) is 5.78 Å². The molecule has 0 aromatic heterocycles. The number of ketones is 1. The van der Waals surface area contributed by atoms with Crippen LogP contribution in [-0.2, 0) is 17.6 Å². The molecule has 68 valence electrons. The van der Waals surface area contributed by atoms with Crippen molar-refractivity contribution in [3.05, 3.63) is 47.5 Å². The molecule has 1 nitrogen and oxygen atoms in total. The lowest BCUT2D eigenvalue weighted by molar-refractivity contribution is -0.117. The largest absolute Gasteiger partial charge is 0.299 e. The van der Waals surface area contributed by atoms with E-state index in [9.17, 15) is 4.79 Å². The fourth-order valence-corrected chi connectivity index (χ4v) is 2.28. The molecule has 0 heterocycles. The summed E-state index contributed by atoms with van der Waals surface area (Å²) < 4.78 is 0. The third-order valence-electron chi connectivity index (χ3n) is 2.85. The molecule has 0 spiro atoms.